The number of ether oxygens (including phenoxy) is 2. The number of benzene rings is 2. The highest BCUT2D eigenvalue weighted by molar-refractivity contribution is 9.10. The molecule has 0 unspecified atom stereocenters. The molecule has 1 aliphatic rings. The van der Waals surface area contributed by atoms with Gasteiger partial charge >= 0.3 is 5.97 Å². The van der Waals surface area contributed by atoms with Crippen molar-refractivity contribution in [3.63, 3.8) is 0 Å². The average molecular weight is 491 g/mol. The number of nitrogens with zero attached hydrogens (tertiary/aromatic N) is 1. The minimum absolute atomic E-state index is 0.141. The monoisotopic (exact) mass is 490 g/mol. The van der Waals surface area contributed by atoms with Crippen LogP contribution in [0.25, 0.3) is 6.08 Å². The fraction of sp³-hybridized carbons (Fsp3) is 0.100. The van der Waals surface area contributed by atoms with Crippen LogP contribution in [0, 0.1) is 0 Å². The lowest BCUT2D eigenvalue weighted by atomic mass is 10.1. The summed E-state index contributed by atoms with van der Waals surface area (Å²) in [5.41, 5.74) is 5.97. The summed E-state index contributed by atoms with van der Waals surface area (Å²) in [6, 6.07) is 11.4. The topological polar surface area (TPSA) is 116 Å². The first kappa shape index (κ1) is 21.6. The molecular formula is C20H15BrN2O6S. The predicted molar refractivity (Wildman–Crippen MR) is 114 cm³/mol. The zero-order chi connectivity index (χ0) is 21.8. The summed E-state index contributed by atoms with van der Waals surface area (Å²) < 4.78 is 11.4. The molecule has 1 aliphatic heterocycles. The van der Waals surface area contributed by atoms with Crippen LogP contribution in [0.4, 0.5) is 4.79 Å². The van der Waals surface area contributed by atoms with E-state index >= 15 is 0 Å². The third-order valence-corrected chi connectivity index (χ3v) is 5.34. The highest BCUT2D eigenvalue weighted by Crippen LogP contribution is 2.34. The van der Waals surface area contributed by atoms with Crippen molar-refractivity contribution in [3.05, 3.63) is 63.0 Å². The molecule has 0 atom stereocenters. The van der Waals surface area contributed by atoms with Crippen molar-refractivity contribution < 1.29 is 28.7 Å². The van der Waals surface area contributed by atoms with Gasteiger partial charge in [0, 0.05) is 4.47 Å². The summed E-state index contributed by atoms with van der Waals surface area (Å²) in [5, 5.41) is -0.573. The van der Waals surface area contributed by atoms with Crippen molar-refractivity contribution in [2.24, 2.45) is 5.73 Å². The normalized spacial score (nSPS) is 14.9. The lowest BCUT2D eigenvalue weighted by Gasteiger charge is -2.10. The molecule has 2 N–H and O–H groups in total. The fourth-order valence-electron chi connectivity index (χ4n) is 2.58. The Morgan fingerprint density at radius 3 is 2.60 bits per heavy atom. The molecule has 1 heterocycles. The van der Waals surface area contributed by atoms with Crippen LogP contribution in [0.1, 0.15) is 15.9 Å². The first-order chi connectivity index (χ1) is 14.3. The van der Waals surface area contributed by atoms with E-state index in [1.807, 2.05) is 0 Å². The summed E-state index contributed by atoms with van der Waals surface area (Å²) >= 11 is 4.01. The maximum absolute atomic E-state index is 12.4. The smallest absolute Gasteiger partial charge is 0.343 e. The van der Waals surface area contributed by atoms with Crippen LogP contribution in [0.2, 0.25) is 0 Å². The Balaban J connectivity index is 1.81. The van der Waals surface area contributed by atoms with Crippen molar-refractivity contribution >= 4 is 56.8 Å². The van der Waals surface area contributed by atoms with E-state index in [9.17, 15) is 19.2 Å². The molecule has 3 amide bonds. The van der Waals surface area contributed by atoms with Gasteiger partial charge in [-0.05, 0) is 53.7 Å². The van der Waals surface area contributed by atoms with Gasteiger partial charge < -0.3 is 15.2 Å². The molecule has 0 aliphatic carbocycles. The number of methoxy groups -OCH3 is 1. The number of carbonyl (C=O) groups is 4. The van der Waals surface area contributed by atoms with E-state index in [1.54, 1.807) is 36.4 Å². The number of amides is 3. The number of esters is 1. The third kappa shape index (κ3) is 4.89. The Morgan fingerprint density at radius 2 is 1.93 bits per heavy atom. The minimum Gasteiger partial charge on any atom is -0.493 e. The van der Waals surface area contributed by atoms with Gasteiger partial charge in [0.2, 0.25) is 5.91 Å². The molecule has 0 aromatic heterocycles. The van der Waals surface area contributed by atoms with Crippen LogP contribution >= 0.6 is 27.7 Å². The summed E-state index contributed by atoms with van der Waals surface area (Å²) in [6.07, 6.45) is 1.48. The Bertz CT molecular complexity index is 1080. The molecule has 0 saturated carbocycles. The lowest BCUT2D eigenvalue weighted by Crippen LogP contribution is -2.36. The molecule has 1 fully saturated rings. The van der Waals surface area contributed by atoms with E-state index < -0.39 is 29.6 Å². The molecule has 30 heavy (non-hydrogen) atoms. The quantitative estimate of drug-likeness (QED) is 0.375. The van der Waals surface area contributed by atoms with Crippen LogP contribution in [0.5, 0.6) is 11.5 Å². The summed E-state index contributed by atoms with van der Waals surface area (Å²) in [4.78, 5) is 48.5. The second-order valence-corrected chi connectivity index (χ2v) is 7.95. The fourth-order valence-corrected chi connectivity index (χ4v) is 3.81. The minimum atomic E-state index is -0.781. The Hall–Kier alpha value is -3.11. The lowest BCUT2D eigenvalue weighted by molar-refractivity contribution is -0.127. The van der Waals surface area contributed by atoms with Crippen LogP contribution in [0.3, 0.4) is 0 Å². The van der Waals surface area contributed by atoms with Gasteiger partial charge in [-0.1, -0.05) is 28.1 Å². The molecule has 8 nitrogen and oxygen atoms in total. The largest absolute Gasteiger partial charge is 0.493 e. The number of hydrogen-bond donors (Lipinski definition) is 1. The molecule has 154 valence electrons. The highest BCUT2D eigenvalue weighted by atomic mass is 79.9. The first-order valence-electron chi connectivity index (χ1n) is 8.48. The average Bonchev–Trinajstić information content (AvgIpc) is 2.96. The Labute approximate surface area is 184 Å². The van der Waals surface area contributed by atoms with E-state index in [2.05, 4.69) is 15.9 Å². The van der Waals surface area contributed by atoms with E-state index in [4.69, 9.17) is 15.2 Å². The Morgan fingerprint density at radius 1 is 1.17 bits per heavy atom. The van der Waals surface area contributed by atoms with Crippen LogP contribution in [-0.2, 0) is 9.59 Å². The van der Waals surface area contributed by atoms with Gasteiger partial charge in [0.15, 0.2) is 11.5 Å². The Kier molecular flexibility index (Phi) is 6.58. The van der Waals surface area contributed by atoms with Gasteiger partial charge in [-0.15, -0.1) is 0 Å². The molecule has 0 bridgehead atoms. The van der Waals surface area contributed by atoms with Crippen molar-refractivity contribution in [2.75, 3.05) is 13.7 Å². The van der Waals surface area contributed by atoms with E-state index in [-0.39, 0.29) is 16.4 Å². The van der Waals surface area contributed by atoms with Gasteiger partial charge in [0.05, 0.1) is 17.6 Å². The number of hydrogen-bond acceptors (Lipinski definition) is 7. The second-order valence-electron chi connectivity index (χ2n) is 6.04. The van der Waals surface area contributed by atoms with Crippen molar-refractivity contribution in [1.29, 1.82) is 0 Å². The molecule has 1 saturated heterocycles. The third-order valence-electron chi connectivity index (χ3n) is 3.94. The van der Waals surface area contributed by atoms with Crippen LogP contribution < -0.4 is 15.2 Å². The van der Waals surface area contributed by atoms with Gasteiger partial charge in [-0.2, -0.15) is 0 Å². The zero-order valence-corrected chi connectivity index (χ0v) is 18.0. The highest BCUT2D eigenvalue weighted by Gasteiger charge is 2.35. The standard InChI is InChI=1S/C20H15BrN2O6S/c1-28-15-7-11(8-16-18(25)23(10-17(22)24)20(27)30-16)5-6-14(15)29-19(26)12-3-2-4-13(21)9-12/h2-9H,10H2,1H3,(H2,22,24)/b16-8-. The second kappa shape index (κ2) is 9.14. The predicted octanol–water partition coefficient (Wildman–Crippen LogP) is 3.20. The number of thioether (sulfide) groups is 1. The first-order valence-corrected chi connectivity index (χ1v) is 10.1. The molecular weight excluding hydrogens is 476 g/mol. The molecule has 3 rings (SSSR count). The number of primary amides is 1. The molecule has 0 spiro atoms. The molecule has 2 aromatic rings. The summed E-state index contributed by atoms with van der Waals surface area (Å²) in [5.74, 6) is -1.48. The number of nitrogens with two attached hydrogens (primary N) is 1. The van der Waals surface area contributed by atoms with Gasteiger partial charge in [0.1, 0.15) is 6.54 Å². The van der Waals surface area contributed by atoms with Gasteiger partial charge in [0.25, 0.3) is 11.1 Å². The maximum Gasteiger partial charge on any atom is 0.343 e. The van der Waals surface area contributed by atoms with Crippen molar-refractivity contribution in [3.8, 4) is 11.5 Å². The van der Waals surface area contributed by atoms with E-state index in [0.29, 0.717) is 22.9 Å². The van der Waals surface area contributed by atoms with E-state index in [1.165, 1.54) is 19.3 Å². The number of imide groups is 1. The van der Waals surface area contributed by atoms with Gasteiger partial charge in [-0.25, -0.2) is 4.79 Å². The van der Waals surface area contributed by atoms with Crippen LogP contribution in [0.15, 0.2) is 51.8 Å². The SMILES string of the molecule is COc1cc(/C=C2\SC(=O)N(CC(N)=O)C2=O)ccc1OC(=O)c1cccc(Br)c1. The summed E-state index contributed by atoms with van der Waals surface area (Å²) in [6.45, 7) is -0.476. The van der Waals surface area contributed by atoms with Crippen molar-refractivity contribution in [1.82, 2.24) is 4.90 Å². The molecule has 2 aromatic carbocycles. The van der Waals surface area contributed by atoms with Crippen molar-refractivity contribution in [2.45, 2.75) is 0 Å². The molecule has 0 radical (unpaired) electrons. The molecule has 10 heteroatoms. The van der Waals surface area contributed by atoms with E-state index in [0.717, 1.165) is 9.37 Å². The number of halogens is 1. The zero-order valence-electron chi connectivity index (χ0n) is 15.6. The van der Waals surface area contributed by atoms with Crippen LogP contribution in [-0.4, -0.2) is 41.6 Å². The summed E-state index contributed by atoms with van der Waals surface area (Å²) in [7, 11) is 1.41. The van der Waals surface area contributed by atoms with Gasteiger partial charge in [-0.3, -0.25) is 19.3 Å². The number of carbonyl (C=O) groups excluding carboxylic acids is 4. The number of rotatable bonds is 6. The maximum atomic E-state index is 12.4.